The molecular formula is C11H21O3-. The van der Waals surface area contributed by atoms with Gasteiger partial charge in [0.1, 0.15) is 0 Å². The highest BCUT2D eigenvalue weighted by atomic mass is 16.7. The molecule has 0 spiro atoms. The predicted octanol–water partition coefficient (Wildman–Crippen LogP) is 2.49. The molecular weight excluding hydrogens is 180 g/mol. The zero-order valence-electron chi connectivity index (χ0n) is 9.09. The Balaban J connectivity index is 2.88. The third-order valence-corrected chi connectivity index (χ3v) is 2.22. The Morgan fingerprint density at radius 2 is 1.50 bits per heavy atom. The molecule has 0 amide bonds. The van der Waals surface area contributed by atoms with Gasteiger partial charge in [-0.1, -0.05) is 51.9 Å². The summed E-state index contributed by atoms with van der Waals surface area (Å²) in [7, 11) is 0. The summed E-state index contributed by atoms with van der Waals surface area (Å²) in [5, 5.41) is 9.87. The van der Waals surface area contributed by atoms with Crippen LogP contribution < -0.4 is 5.11 Å². The van der Waals surface area contributed by atoms with E-state index in [0.717, 1.165) is 12.8 Å². The van der Waals surface area contributed by atoms with Crippen molar-refractivity contribution >= 4 is 6.16 Å². The second-order valence-electron chi connectivity index (χ2n) is 3.57. The number of rotatable bonds is 9. The highest BCUT2D eigenvalue weighted by Gasteiger charge is 1.91. The van der Waals surface area contributed by atoms with Gasteiger partial charge in [-0.2, -0.15) is 0 Å². The molecule has 0 saturated heterocycles. The summed E-state index contributed by atoms with van der Waals surface area (Å²) in [6.45, 7) is 2.49. The molecule has 0 atom stereocenters. The molecule has 0 aliphatic heterocycles. The molecule has 3 nitrogen and oxygen atoms in total. The van der Waals surface area contributed by atoms with Crippen molar-refractivity contribution in [3.05, 3.63) is 0 Å². The van der Waals surface area contributed by atoms with E-state index in [9.17, 15) is 9.90 Å². The van der Waals surface area contributed by atoms with Crippen LogP contribution in [-0.2, 0) is 4.74 Å². The van der Waals surface area contributed by atoms with Gasteiger partial charge in [0.05, 0.1) is 0 Å². The van der Waals surface area contributed by atoms with E-state index in [1.807, 2.05) is 0 Å². The molecule has 0 bridgehead atoms. The monoisotopic (exact) mass is 201 g/mol. The number of carbonyl (C=O) groups excluding carboxylic acids is 1. The van der Waals surface area contributed by atoms with Crippen molar-refractivity contribution in [2.45, 2.75) is 58.3 Å². The first-order valence-corrected chi connectivity index (χ1v) is 5.61. The zero-order chi connectivity index (χ0) is 10.6. The molecule has 14 heavy (non-hydrogen) atoms. The maximum absolute atomic E-state index is 9.87. The van der Waals surface area contributed by atoms with Gasteiger partial charge < -0.3 is 14.6 Å². The van der Waals surface area contributed by atoms with Crippen LogP contribution in [0.2, 0.25) is 0 Å². The quantitative estimate of drug-likeness (QED) is 0.425. The van der Waals surface area contributed by atoms with Crippen molar-refractivity contribution in [3.63, 3.8) is 0 Å². The molecule has 3 heteroatoms. The molecule has 0 aliphatic rings. The third-order valence-electron chi connectivity index (χ3n) is 2.22. The van der Waals surface area contributed by atoms with E-state index in [1.165, 1.54) is 38.5 Å². The number of carbonyl (C=O) groups is 1. The lowest BCUT2D eigenvalue weighted by Gasteiger charge is -2.07. The lowest BCUT2D eigenvalue weighted by atomic mass is 10.1. The van der Waals surface area contributed by atoms with Crippen molar-refractivity contribution in [1.82, 2.24) is 0 Å². The number of hydrogen-bond donors (Lipinski definition) is 0. The fourth-order valence-corrected chi connectivity index (χ4v) is 1.39. The summed E-state index contributed by atoms with van der Waals surface area (Å²) >= 11 is 0. The fourth-order valence-electron chi connectivity index (χ4n) is 1.39. The Bertz CT molecular complexity index is 134. The fraction of sp³-hybridized carbons (Fsp3) is 0.909. The Morgan fingerprint density at radius 1 is 1.00 bits per heavy atom. The summed E-state index contributed by atoms with van der Waals surface area (Å²) < 4.78 is 4.29. The van der Waals surface area contributed by atoms with Crippen molar-refractivity contribution in [2.75, 3.05) is 6.61 Å². The summed E-state index contributed by atoms with van der Waals surface area (Å²) in [6.07, 6.45) is 8.13. The summed E-state index contributed by atoms with van der Waals surface area (Å²) in [5.41, 5.74) is 0. The number of hydrogen-bond acceptors (Lipinski definition) is 3. The Morgan fingerprint density at radius 3 is 2.00 bits per heavy atom. The minimum absolute atomic E-state index is 0.289. The second kappa shape index (κ2) is 10.4. The van der Waals surface area contributed by atoms with Gasteiger partial charge >= 0.3 is 0 Å². The molecule has 0 heterocycles. The minimum Gasteiger partial charge on any atom is -0.550 e. The van der Waals surface area contributed by atoms with E-state index < -0.39 is 6.16 Å². The van der Waals surface area contributed by atoms with Gasteiger partial charge in [-0.05, 0) is 6.42 Å². The summed E-state index contributed by atoms with van der Waals surface area (Å²) in [5.74, 6) is 0. The Hall–Kier alpha value is -0.730. The normalized spacial score (nSPS) is 10.1. The minimum atomic E-state index is -1.41. The van der Waals surface area contributed by atoms with E-state index in [1.54, 1.807) is 0 Å². The molecule has 0 radical (unpaired) electrons. The van der Waals surface area contributed by atoms with Crippen LogP contribution in [0.5, 0.6) is 0 Å². The Kier molecular flexibility index (Phi) is 9.81. The van der Waals surface area contributed by atoms with Crippen molar-refractivity contribution in [1.29, 1.82) is 0 Å². The van der Waals surface area contributed by atoms with Gasteiger partial charge in [0.25, 0.3) is 6.16 Å². The van der Waals surface area contributed by atoms with Crippen LogP contribution in [0.3, 0.4) is 0 Å². The van der Waals surface area contributed by atoms with Crippen LogP contribution in [0, 0.1) is 0 Å². The SMILES string of the molecule is CCCCCCCCCCOC(=O)[O-]. The highest BCUT2D eigenvalue weighted by molar-refractivity contribution is 5.53. The van der Waals surface area contributed by atoms with Crippen LogP contribution >= 0.6 is 0 Å². The summed E-state index contributed by atoms with van der Waals surface area (Å²) in [6, 6.07) is 0. The molecule has 0 rings (SSSR count). The van der Waals surface area contributed by atoms with E-state index in [4.69, 9.17) is 0 Å². The van der Waals surface area contributed by atoms with E-state index in [0.29, 0.717) is 0 Å². The van der Waals surface area contributed by atoms with Gasteiger partial charge in [0.2, 0.25) is 0 Å². The lowest BCUT2D eigenvalue weighted by molar-refractivity contribution is -0.282. The summed E-state index contributed by atoms with van der Waals surface area (Å²) in [4.78, 5) is 9.87. The molecule has 0 aromatic carbocycles. The molecule has 84 valence electrons. The number of unbranched alkanes of at least 4 members (excludes halogenated alkanes) is 7. The van der Waals surface area contributed by atoms with Gasteiger partial charge in [-0.25, -0.2) is 0 Å². The Labute approximate surface area is 86.5 Å². The smallest absolute Gasteiger partial charge is 0.251 e. The molecule has 0 unspecified atom stereocenters. The second-order valence-corrected chi connectivity index (χ2v) is 3.57. The zero-order valence-corrected chi connectivity index (χ0v) is 9.09. The van der Waals surface area contributed by atoms with Crippen molar-refractivity contribution < 1.29 is 14.6 Å². The molecule has 0 N–H and O–H groups in total. The van der Waals surface area contributed by atoms with Crippen LogP contribution in [0.1, 0.15) is 58.3 Å². The first-order chi connectivity index (χ1) is 6.77. The average Bonchev–Trinajstić information content (AvgIpc) is 2.15. The van der Waals surface area contributed by atoms with Gasteiger partial charge in [-0.15, -0.1) is 0 Å². The van der Waals surface area contributed by atoms with Crippen LogP contribution in [0.25, 0.3) is 0 Å². The maximum Gasteiger partial charge on any atom is 0.251 e. The van der Waals surface area contributed by atoms with Gasteiger partial charge in [0, 0.05) is 6.61 Å². The topological polar surface area (TPSA) is 49.4 Å². The maximum atomic E-state index is 9.87. The first kappa shape index (κ1) is 13.3. The van der Waals surface area contributed by atoms with E-state index in [2.05, 4.69) is 11.7 Å². The highest BCUT2D eigenvalue weighted by Crippen LogP contribution is 2.08. The lowest BCUT2D eigenvalue weighted by Crippen LogP contribution is -2.23. The predicted molar refractivity (Wildman–Crippen MR) is 54.0 cm³/mol. The molecule has 0 aromatic heterocycles. The molecule has 0 aromatic rings. The van der Waals surface area contributed by atoms with Crippen LogP contribution in [-0.4, -0.2) is 12.8 Å². The molecule has 0 fully saturated rings. The first-order valence-electron chi connectivity index (χ1n) is 5.61. The van der Waals surface area contributed by atoms with Gasteiger partial charge in [-0.3, -0.25) is 0 Å². The van der Waals surface area contributed by atoms with E-state index >= 15 is 0 Å². The van der Waals surface area contributed by atoms with Gasteiger partial charge in [0.15, 0.2) is 0 Å². The van der Waals surface area contributed by atoms with Crippen molar-refractivity contribution in [2.24, 2.45) is 0 Å². The van der Waals surface area contributed by atoms with Crippen LogP contribution in [0.15, 0.2) is 0 Å². The largest absolute Gasteiger partial charge is 0.550 e. The molecule has 0 aliphatic carbocycles. The number of ether oxygens (including phenoxy) is 1. The molecule has 0 saturated carbocycles. The third kappa shape index (κ3) is 11.3. The number of carboxylic acid groups (broad SMARTS) is 1. The van der Waals surface area contributed by atoms with E-state index in [-0.39, 0.29) is 6.61 Å². The average molecular weight is 201 g/mol. The van der Waals surface area contributed by atoms with Crippen LogP contribution in [0.4, 0.5) is 4.79 Å². The standard InChI is InChI=1S/C11H22O3/c1-2-3-4-5-6-7-8-9-10-14-11(12)13/h2-10H2,1H3,(H,12,13)/p-1. The van der Waals surface area contributed by atoms with Crippen molar-refractivity contribution in [3.8, 4) is 0 Å².